The third-order valence-electron chi connectivity index (χ3n) is 3.91. The van der Waals surface area contributed by atoms with Gasteiger partial charge in [-0.15, -0.1) is 0 Å². The molecule has 0 radical (unpaired) electrons. The zero-order valence-electron chi connectivity index (χ0n) is 17.9. The minimum Gasteiger partial charge on any atom is -0.351 e. The van der Waals surface area contributed by atoms with Crippen LogP contribution in [0.3, 0.4) is 0 Å². The Labute approximate surface area is 150 Å². The summed E-state index contributed by atoms with van der Waals surface area (Å²) in [7, 11) is 4.00. The van der Waals surface area contributed by atoms with Crippen LogP contribution >= 0.6 is 0 Å². The quantitative estimate of drug-likeness (QED) is 0.327. The average Bonchev–Trinajstić information content (AvgIpc) is 2.56. The van der Waals surface area contributed by atoms with Crippen molar-refractivity contribution < 1.29 is 5.32 Å². The van der Waals surface area contributed by atoms with Gasteiger partial charge in [-0.2, -0.15) is 0 Å². The molecule has 0 atom stereocenters. The first-order valence-corrected chi connectivity index (χ1v) is 11.0. The van der Waals surface area contributed by atoms with E-state index in [9.17, 15) is 0 Å². The molecule has 0 amide bonds. The van der Waals surface area contributed by atoms with Gasteiger partial charge >= 0.3 is 0 Å². The summed E-state index contributed by atoms with van der Waals surface area (Å²) in [6.45, 7) is 9.08. The molecule has 1 nitrogen and oxygen atoms in total. The average molecular weight is 331 g/mol. The lowest BCUT2D eigenvalue weighted by atomic mass is 10.1. The van der Waals surface area contributed by atoms with Crippen LogP contribution in [0, 0.1) is 0 Å². The Morgan fingerprint density at radius 1 is 0.348 bits per heavy atom. The Hall–Kier alpha value is -0.0400. The van der Waals surface area contributed by atoms with Crippen molar-refractivity contribution in [1.29, 1.82) is 0 Å². The minimum absolute atomic E-state index is 1.37. The van der Waals surface area contributed by atoms with Crippen molar-refractivity contribution in [3.8, 4) is 0 Å². The molecule has 0 aromatic rings. The van der Waals surface area contributed by atoms with E-state index in [4.69, 9.17) is 0 Å². The molecule has 0 aromatic carbocycles. The molecule has 0 saturated heterocycles. The molecular formula is C22H52N+. The van der Waals surface area contributed by atoms with Crippen LogP contribution < -0.4 is 5.32 Å². The zero-order chi connectivity index (χ0) is 18.0. The van der Waals surface area contributed by atoms with Crippen molar-refractivity contribution >= 4 is 0 Å². The summed E-state index contributed by atoms with van der Waals surface area (Å²) in [5.41, 5.74) is 0. The second-order valence-corrected chi connectivity index (χ2v) is 6.82. The van der Waals surface area contributed by atoms with Crippen molar-refractivity contribution in [3.05, 3.63) is 0 Å². The standard InChI is InChI=1S/2C10H22.C2H7N/c2*1-3-5-7-9-10-8-6-4-2;1-3-2/h2*3-10H2,1-2H3;3H,1-2H3/p+1. The fraction of sp³-hybridized carbons (Fsp3) is 1.00. The van der Waals surface area contributed by atoms with Crippen LogP contribution in [0.2, 0.25) is 0 Å². The van der Waals surface area contributed by atoms with Gasteiger partial charge in [0, 0.05) is 0 Å². The van der Waals surface area contributed by atoms with Crippen molar-refractivity contribution in [2.75, 3.05) is 14.1 Å². The predicted molar refractivity (Wildman–Crippen MR) is 110 cm³/mol. The van der Waals surface area contributed by atoms with Gasteiger partial charge in [-0.1, -0.05) is 130 Å². The van der Waals surface area contributed by atoms with E-state index >= 15 is 0 Å². The molecule has 0 bridgehead atoms. The highest BCUT2D eigenvalue weighted by Crippen LogP contribution is 2.08. The maximum Gasteiger partial charge on any atom is 0.0647 e. The number of quaternary nitrogens is 1. The number of hydrogen-bond donors (Lipinski definition) is 1. The van der Waals surface area contributed by atoms with E-state index in [1.54, 1.807) is 0 Å². The molecule has 144 valence electrons. The number of nitrogens with two attached hydrogens (primary N) is 1. The molecule has 0 saturated carbocycles. The summed E-state index contributed by atoms with van der Waals surface area (Å²) in [6.07, 6.45) is 22.9. The second kappa shape index (κ2) is 33.5. The van der Waals surface area contributed by atoms with Crippen LogP contribution in [0.1, 0.15) is 130 Å². The lowest BCUT2D eigenvalue weighted by molar-refractivity contribution is -0.597. The van der Waals surface area contributed by atoms with Crippen LogP contribution in [0.25, 0.3) is 0 Å². The van der Waals surface area contributed by atoms with Crippen LogP contribution in [0.15, 0.2) is 0 Å². The molecule has 0 aliphatic rings. The summed E-state index contributed by atoms with van der Waals surface area (Å²) in [5.74, 6) is 0. The summed E-state index contributed by atoms with van der Waals surface area (Å²) < 4.78 is 0. The Bertz CT molecular complexity index is 113. The van der Waals surface area contributed by atoms with Crippen molar-refractivity contribution in [2.24, 2.45) is 0 Å². The summed E-state index contributed by atoms with van der Waals surface area (Å²) in [6, 6.07) is 0. The van der Waals surface area contributed by atoms with Crippen LogP contribution in [-0.4, -0.2) is 14.1 Å². The van der Waals surface area contributed by atoms with Gasteiger partial charge < -0.3 is 5.32 Å². The number of hydrogen-bond acceptors (Lipinski definition) is 0. The summed E-state index contributed by atoms with van der Waals surface area (Å²) >= 11 is 0. The fourth-order valence-corrected chi connectivity index (χ4v) is 2.41. The topological polar surface area (TPSA) is 16.6 Å². The molecular weight excluding hydrogens is 278 g/mol. The van der Waals surface area contributed by atoms with Gasteiger partial charge in [-0.3, -0.25) is 0 Å². The van der Waals surface area contributed by atoms with Gasteiger partial charge in [-0.05, 0) is 0 Å². The number of rotatable bonds is 14. The maximum atomic E-state index is 2.27. The molecule has 0 aliphatic carbocycles. The lowest BCUT2D eigenvalue weighted by Crippen LogP contribution is -2.74. The van der Waals surface area contributed by atoms with Gasteiger partial charge in [0.1, 0.15) is 0 Å². The SMILES string of the molecule is CCCCCCCCCC.CCCCCCCCCC.C[NH2+]C. The Morgan fingerprint density at radius 2 is 0.478 bits per heavy atom. The summed E-state index contributed by atoms with van der Waals surface area (Å²) in [4.78, 5) is 0. The molecule has 1 heteroatoms. The van der Waals surface area contributed by atoms with E-state index in [-0.39, 0.29) is 0 Å². The van der Waals surface area contributed by atoms with Gasteiger partial charge in [0.15, 0.2) is 0 Å². The van der Waals surface area contributed by atoms with Gasteiger partial charge in [0.05, 0.1) is 14.1 Å². The van der Waals surface area contributed by atoms with E-state index in [1.165, 1.54) is 103 Å². The molecule has 23 heavy (non-hydrogen) atoms. The number of unbranched alkanes of at least 4 members (excludes halogenated alkanes) is 14. The molecule has 0 heterocycles. The first-order valence-electron chi connectivity index (χ1n) is 11.0. The Morgan fingerprint density at radius 3 is 0.609 bits per heavy atom. The van der Waals surface area contributed by atoms with Crippen LogP contribution in [0.5, 0.6) is 0 Å². The van der Waals surface area contributed by atoms with E-state index < -0.39 is 0 Å². The molecule has 0 unspecified atom stereocenters. The third-order valence-corrected chi connectivity index (χ3v) is 3.91. The molecule has 0 fully saturated rings. The normalized spacial score (nSPS) is 9.65. The largest absolute Gasteiger partial charge is 0.351 e. The Balaban J connectivity index is -0.000000297. The van der Waals surface area contributed by atoms with Crippen molar-refractivity contribution in [2.45, 2.75) is 130 Å². The first-order chi connectivity index (χ1) is 11.2. The highest BCUT2D eigenvalue weighted by molar-refractivity contribution is 4.44. The fourth-order valence-electron chi connectivity index (χ4n) is 2.41. The van der Waals surface area contributed by atoms with Crippen molar-refractivity contribution in [3.63, 3.8) is 0 Å². The van der Waals surface area contributed by atoms with Crippen molar-refractivity contribution in [1.82, 2.24) is 0 Å². The summed E-state index contributed by atoms with van der Waals surface area (Å²) in [5, 5.41) is 2.00. The zero-order valence-corrected chi connectivity index (χ0v) is 17.9. The minimum atomic E-state index is 1.37. The van der Waals surface area contributed by atoms with Gasteiger partial charge in [0.2, 0.25) is 0 Å². The molecule has 0 spiro atoms. The highest BCUT2D eigenvalue weighted by atomic mass is 14.7. The monoisotopic (exact) mass is 330 g/mol. The van der Waals surface area contributed by atoms with Crippen LogP contribution in [0.4, 0.5) is 0 Å². The molecule has 0 rings (SSSR count). The molecule has 2 N–H and O–H groups in total. The third kappa shape index (κ3) is 44.9. The van der Waals surface area contributed by atoms with E-state index in [2.05, 4.69) is 27.7 Å². The van der Waals surface area contributed by atoms with Gasteiger partial charge in [-0.25, -0.2) is 0 Å². The predicted octanol–water partition coefficient (Wildman–Crippen LogP) is 7.10. The van der Waals surface area contributed by atoms with E-state index in [0.29, 0.717) is 0 Å². The first kappa shape index (κ1) is 27.8. The smallest absolute Gasteiger partial charge is 0.0647 e. The highest BCUT2D eigenvalue weighted by Gasteiger charge is 1.88. The lowest BCUT2D eigenvalue weighted by Gasteiger charge is -1.97. The van der Waals surface area contributed by atoms with E-state index in [1.807, 2.05) is 19.4 Å². The van der Waals surface area contributed by atoms with Gasteiger partial charge in [0.25, 0.3) is 0 Å². The Kier molecular flexibility index (Phi) is 40.5. The molecule has 0 aromatic heterocycles. The van der Waals surface area contributed by atoms with Crippen LogP contribution in [-0.2, 0) is 0 Å². The maximum absolute atomic E-state index is 2.27. The van der Waals surface area contributed by atoms with E-state index in [0.717, 1.165) is 0 Å². The molecule has 0 aliphatic heterocycles. The second-order valence-electron chi connectivity index (χ2n) is 6.82.